The smallest absolute Gasteiger partial charge is 0.161 e. The quantitative estimate of drug-likeness (QED) is 0.731. The van der Waals surface area contributed by atoms with Crippen LogP contribution in [0.15, 0.2) is 18.2 Å². The van der Waals surface area contributed by atoms with Crippen molar-refractivity contribution in [2.75, 3.05) is 34.4 Å². The second-order valence-corrected chi connectivity index (χ2v) is 3.68. The molecule has 0 bridgehead atoms. The zero-order valence-corrected chi connectivity index (χ0v) is 11.1. The predicted molar refractivity (Wildman–Crippen MR) is 69.7 cm³/mol. The van der Waals surface area contributed by atoms with E-state index in [1.54, 1.807) is 25.3 Å². The molecule has 0 fully saturated rings. The van der Waals surface area contributed by atoms with Crippen LogP contribution < -0.4 is 9.47 Å². The van der Waals surface area contributed by atoms with E-state index >= 15 is 0 Å². The third-order valence-electron chi connectivity index (χ3n) is 2.12. The number of halogens is 1. The van der Waals surface area contributed by atoms with E-state index in [1.165, 1.54) is 0 Å². The molecule has 0 aliphatic rings. The van der Waals surface area contributed by atoms with Crippen LogP contribution in [0.4, 0.5) is 0 Å². The Morgan fingerprint density at radius 2 is 2.00 bits per heavy atom. The van der Waals surface area contributed by atoms with Crippen LogP contribution in [-0.2, 0) is 0 Å². The van der Waals surface area contributed by atoms with E-state index in [0.717, 1.165) is 12.8 Å². The van der Waals surface area contributed by atoms with E-state index in [0.29, 0.717) is 23.7 Å². The van der Waals surface area contributed by atoms with Crippen molar-refractivity contribution in [2.24, 2.45) is 0 Å². The van der Waals surface area contributed by atoms with Crippen molar-refractivity contribution in [3.05, 3.63) is 23.8 Å². The lowest BCUT2D eigenvalue weighted by Crippen LogP contribution is -2.19. The average Bonchev–Trinajstić information content (AvgIpc) is 2.29. The minimum absolute atomic E-state index is 0. The maximum atomic E-state index is 10.6. The van der Waals surface area contributed by atoms with E-state index in [4.69, 9.17) is 9.47 Å². The third kappa shape index (κ3) is 5.06. The Kier molecular flexibility index (Phi) is 7.34. The summed E-state index contributed by atoms with van der Waals surface area (Å²) in [5.41, 5.74) is 0.580. The zero-order chi connectivity index (χ0) is 12.0. The van der Waals surface area contributed by atoms with Gasteiger partial charge in [0, 0.05) is 12.1 Å². The fraction of sp³-hybridized carbons (Fsp3) is 0.417. The van der Waals surface area contributed by atoms with Crippen LogP contribution in [0.3, 0.4) is 0 Å². The molecule has 17 heavy (non-hydrogen) atoms. The Morgan fingerprint density at radius 1 is 1.29 bits per heavy atom. The van der Waals surface area contributed by atoms with Crippen LogP contribution in [-0.4, -0.2) is 45.5 Å². The molecule has 0 atom stereocenters. The maximum absolute atomic E-state index is 10.6. The van der Waals surface area contributed by atoms with E-state index in [9.17, 15) is 4.79 Å². The number of rotatable bonds is 6. The van der Waals surface area contributed by atoms with Gasteiger partial charge in [-0.2, -0.15) is 0 Å². The Hall–Kier alpha value is -1.26. The molecule has 0 aromatic heterocycles. The molecule has 0 radical (unpaired) electrons. The SMILES string of the molecule is COc1cc(C=O)ccc1OCCN(C)C.Cl. The lowest BCUT2D eigenvalue weighted by molar-refractivity contribution is 0.112. The monoisotopic (exact) mass is 259 g/mol. The first kappa shape index (κ1) is 15.7. The summed E-state index contributed by atoms with van der Waals surface area (Å²) < 4.78 is 10.7. The molecule has 0 aliphatic carbocycles. The zero-order valence-electron chi connectivity index (χ0n) is 10.3. The van der Waals surface area contributed by atoms with Crippen LogP contribution in [0.1, 0.15) is 10.4 Å². The molecule has 0 amide bonds. The lowest BCUT2D eigenvalue weighted by Gasteiger charge is -2.13. The highest BCUT2D eigenvalue weighted by molar-refractivity contribution is 5.85. The molecule has 0 spiro atoms. The number of hydrogen-bond acceptors (Lipinski definition) is 4. The van der Waals surface area contributed by atoms with Crippen molar-refractivity contribution >= 4 is 18.7 Å². The maximum Gasteiger partial charge on any atom is 0.161 e. The van der Waals surface area contributed by atoms with Gasteiger partial charge in [0.05, 0.1) is 7.11 Å². The van der Waals surface area contributed by atoms with Crippen molar-refractivity contribution in [2.45, 2.75) is 0 Å². The van der Waals surface area contributed by atoms with Gasteiger partial charge in [-0.25, -0.2) is 0 Å². The number of hydrogen-bond donors (Lipinski definition) is 0. The van der Waals surface area contributed by atoms with Crippen LogP contribution in [0.25, 0.3) is 0 Å². The summed E-state index contributed by atoms with van der Waals surface area (Å²) >= 11 is 0. The number of ether oxygens (including phenoxy) is 2. The topological polar surface area (TPSA) is 38.8 Å². The third-order valence-corrected chi connectivity index (χ3v) is 2.12. The van der Waals surface area contributed by atoms with Crippen molar-refractivity contribution in [3.63, 3.8) is 0 Å². The molecule has 96 valence electrons. The van der Waals surface area contributed by atoms with Gasteiger partial charge < -0.3 is 14.4 Å². The first-order valence-corrected chi connectivity index (χ1v) is 5.08. The number of likely N-dealkylation sites (N-methyl/N-ethyl adjacent to an activating group) is 1. The van der Waals surface area contributed by atoms with Crippen molar-refractivity contribution < 1.29 is 14.3 Å². The van der Waals surface area contributed by atoms with Gasteiger partial charge in [0.15, 0.2) is 11.5 Å². The van der Waals surface area contributed by atoms with Gasteiger partial charge in [0.2, 0.25) is 0 Å². The van der Waals surface area contributed by atoms with Crippen LogP contribution in [0.2, 0.25) is 0 Å². The number of benzene rings is 1. The molecule has 0 saturated carbocycles. The number of carbonyl (C=O) groups excluding carboxylic acids is 1. The first-order chi connectivity index (χ1) is 7.67. The van der Waals surface area contributed by atoms with Crippen molar-refractivity contribution in [1.29, 1.82) is 0 Å². The summed E-state index contributed by atoms with van der Waals surface area (Å²) in [6, 6.07) is 5.12. The first-order valence-electron chi connectivity index (χ1n) is 5.08. The van der Waals surface area contributed by atoms with Crippen molar-refractivity contribution in [1.82, 2.24) is 4.90 Å². The molecule has 1 aromatic carbocycles. The molecule has 0 aliphatic heterocycles. The predicted octanol–water partition coefficient (Wildman–Crippen LogP) is 1.87. The molecule has 5 heteroatoms. The number of nitrogens with zero attached hydrogens (tertiary/aromatic N) is 1. The van der Waals surface area contributed by atoms with Gasteiger partial charge >= 0.3 is 0 Å². The molecule has 0 saturated heterocycles. The summed E-state index contributed by atoms with van der Waals surface area (Å²) in [6.45, 7) is 1.42. The Bertz CT molecular complexity index is 356. The van der Waals surface area contributed by atoms with Gasteiger partial charge in [-0.3, -0.25) is 4.79 Å². The van der Waals surface area contributed by atoms with E-state index in [2.05, 4.69) is 0 Å². The van der Waals surface area contributed by atoms with Gasteiger partial charge in [-0.05, 0) is 32.3 Å². The Labute approximate surface area is 108 Å². The highest BCUT2D eigenvalue weighted by atomic mass is 35.5. The highest BCUT2D eigenvalue weighted by Crippen LogP contribution is 2.27. The molecule has 0 heterocycles. The second kappa shape index (κ2) is 7.92. The second-order valence-electron chi connectivity index (χ2n) is 3.68. The summed E-state index contributed by atoms with van der Waals surface area (Å²) in [4.78, 5) is 12.6. The molecule has 0 unspecified atom stereocenters. The fourth-order valence-electron chi connectivity index (χ4n) is 1.21. The Morgan fingerprint density at radius 3 is 2.53 bits per heavy atom. The minimum Gasteiger partial charge on any atom is -0.493 e. The van der Waals surface area contributed by atoms with Gasteiger partial charge in [0.1, 0.15) is 12.9 Å². The summed E-state index contributed by atoms with van der Waals surface area (Å²) in [7, 11) is 5.52. The van der Waals surface area contributed by atoms with Crippen LogP contribution >= 0.6 is 12.4 Å². The van der Waals surface area contributed by atoms with Gasteiger partial charge in [0.25, 0.3) is 0 Å². The molecule has 1 rings (SSSR count). The normalized spacial score (nSPS) is 9.65. The lowest BCUT2D eigenvalue weighted by atomic mass is 10.2. The summed E-state index contributed by atoms with van der Waals surface area (Å²) in [6.07, 6.45) is 0.784. The Balaban J connectivity index is 0.00000256. The molecule has 0 N–H and O–H groups in total. The van der Waals surface area contributed by atoms with E-state index in [1.807, 2.05) is 19.0 Å². The van der Waals surface area contributed by atoms with Crippen LogP contribution in [0.5, 0.6) is 11.5 Å². The highest BCUT2D eigenvalue weighted by Gasteiger charge is 2.05. The van der Waals surface area contributed by atoms with Gasteiger partial charge in [-0.1, -0.05) is 0 Å². The van der Waals surface area contributed by atoms with E-state index in [-0.39, 0.29) is 12.4 Å². The van der Waals surface area contributed by atoms with Crippen molar-refractivity contribution in [3.8, 4) is 11.5 Å². The number of methoxy groups -OCH3 is 1. The molecular weight excluding hydrogens is 242 g/mol. The number of aldehydes is 1. The van der Waals surface area contributed by atoms with E-state index < -0.39 is 0 Å². The standard InChI is InChI=1S/C12H17NO3.ClH/c1-13(2)6-7-16-11-5-4-10(9-14)8-12(11)15-3;/h4-5,8-9H,6-7H2,1-3H3;1H. The summed E-state index contributed by atoms with van der Waals surface area (Å²) in [5, 5.41) is 0. The molecule has 4 nitrogen and oxygen atoms in total. The van der Waals surface area contributed by atoms with Gasteiger partial charge in [-0.15, -0.1) is 12.4 Å². The fourth-order valence-corrected chi connectivity index (χ4v) is 1.21. The minimum atomic E-state index is 0. The molecule has 1 aromatic rings. The largest absolute Gasteiger partial charge is 0.493 e. The average molecular weight is 260 g/mol. The summed E-state index contributed by atoms with van der Waals surface area (Å²) in [5.74, 6) is 1.25. The molecular formula is C12H18ClNO3. The van der Waals surface area contributed by atoms with Crippen LogP contribution in [0, 0.1) is 0 Å². The number of carbonyl (C=O) groups is 1.